The van der Waals surface area contributed by atoms with Crippen LogP contribution in [0.1, 0.15) is 18.4 Å². The van der Waals surface area contributed by atoms with E-state index in [2.05, 4.69) is 15.5 Å². The van der Waals surface area contributed by atoms with Crippen LogP contribution in [0.4, 0.5) is 0 Å². The number of ether oxygens (including phenoxy) is 2. The summed E-state index contributed by atoms with van der Waals surface area (Å²) < 4.78 is 40.7. The molecule has 0 radical (unpaired) electrons. The average Bonchev–Trinajstić information content (AvgIpc) is 3.48. The second-order valence-corrected chi connectivity index (χ2v) is 8.97. The van der Waals surface area contributed by atoms with Gasteiger partial charge in [0.2, 0.25) is 10.0 Å². The molecular formula is C20H23N5O4S. The van der Waals surface area contributed by atoms with Crippen LogP contribution in [-0.4, -0.2) is 59.3 Å². The molecule has 4 rings (SSSR count). The van der Waals surface area contributed by atoms with Crippen molar-refractivity contribution in [3.63, 3.8) is 0 Å². The lowest BCUT2D eigenvalue weighted by Gasteiger charge is -2.25. The van der Waals surface area contributed by atoms with Crippen LogP contribution in [0, 0.1) is 0 Å². The normalized spacial score (nSPS) is 16.8. The number of hydrogen-bond donors (Lipinski definition) is 0. The summed E-state index contributed by atoms with van der Waals surface area (Å²) in [6.45, 7) is 1.23. The second kappa shape index (κ2) is 8.90. The minimum absolute atomic E-state index is 0.0986. The Balaban J connectivity index is 1.60. The molecule has 1 aromatic heterocycles. The number of hydrogen-bond acceptors (Lipinski definition) is 7. The Morgan fingerprint density at radius 1 is 1.17 bits per heavy atom. The molecule has 30 heavy (non-hydrogen) atoms. The molecule has 0 bridgehead atoms. The van der Waals surface area contributed by atoms with Gasteiger partial charge in [-0.2, -0.15) is 4.31 Å². The van der Waals surface area contributed by atoms with Crippen molar-refractivity contribution in [2.75, 3.05) is 20.3 Å². The Kier molecular flexibility index (Phi) is 6.07. The van der Waals surface area contributed by atoms with E-state index in [0.29, 0.717) is 18.8 Å². The summed E-state index contributed by atoms with van der Waals surface area (Å²) in [5.41, 5.74) is 1.56. The number of methoxy groups -OCH3 is 1. The fourth-order valence-electron chi connectivity index (χ4n) is 3.40. The van der Waals surface area contributed by atoms with Crippen LogP contribution in [0.25, 0.3) is 5.69 Å². The molecule has 2 aromatic carbocycles. The highest BCUT2D eigenvalue weighted by atomic mass is 32.2. The third-order valence-electron chi connectivity index (χ3n) is 5.04. The summed E-state index contributed by atoms with van der Waals surface area (Å²) in [5.74, 6) is 0.727. The molecular weight excluding hydrogens is 406 g/mol. The molecule has 0 spiro atoms. The summed E-state index contributed by atoms with van der Waals surface area (Å²) in [5, 5.41) is 11.0. The Bertz CT molecular complexity index is 1050. The van der Waals surface area contributed by atoms with Crippen molar-refractivity contribution in [3.8, 4) is 11.4 Å². The molecule has 10 heteroatoms. The predicted octanol–water partition coefficient (Wildman–Crippen LogP) is 2.04. The number of sulfonamides is 1. The molecule has 0 saturated carbocycles. The predicted molar refractivity (Wildman–Crippen MR) is 109 cm³/mol. The van der Waals surface area contributed by atoms with Crippen LogP contribution in [0.2, 0.25) is 0 Å². The van der Waals surface area contributed by atoms with Gasteiger partial charge in [0.25, 0.3) is 0 Å². The zero-order chi connectivity index (χ0) is 21.0. The zero-order valence-corrected chi connectivity index (χ0v) is 17.4. The number of aromatic nitrogens is 4. The third kappa shape index (κ3) is 4.50. The van der Waals surface area contributed by atoms with Crippen LogP contribution in [-0.2, 0) is 21.3 Å². The molecule has 9 nitrogen and oxygen atoms in total. The smallest absolute Gasteiger partial charge is 0.243 e. The maximum absolute atomic E-state index is 13.4. The van der Waals surface area contributed by atoms with E-state index in [1.54, 1.807) is 31.4 Å². The van der Waals surface area contributed by atoms with Crippen molar-refractivity contribution in [1.82, 2.24) is 24.5 Å². The zero-order valence-electron chi connectivity index (χ0n) is 16.6. The fourth-order valence-corrected chi connectivity index (χ4v) is 4.86. The van der Waals surface area contributed by atoms with Gasteiger partial charge in [0.15, 0.2) is 0 Å². The van der Waals surface area contributed by atoms with E-state index in [-0.39, 0.29) is 17.5 Å². The fraction of sp³-hybridized carbons (Fsp3) is 0.350. The summed E-state index contributed by atoms with van der Waals surface area (Å²) in [7, 11) is -2.13. The van der Waals surface area contributed by atoms with Crippen molar-refractivity contribution >= 4 is 10.0 Å². The van der Waals surface area contributed by atoms with E-state index < -0.39 is 10.0 Å². The van der Waals surface area contributed by atoms with E-state index in [9.17, 15) is 8.42 Å². The van der Waals surface area contributed by atoms with Crippen molar-refractivity contribution in [2.24, 2.45) is 0 Å². The molecule has 1 fully saturated rings. The first kappa shape index (κ1) is 20.5. The van der Waals surface area contributed by atoms with Gasteiger partial charge in [-0.1, -0.05) is 12.1 Å². The number of rotatable bonds is 8. The van der Waals surface area contributed by atoms with E-state index in [4.69, 9.17) is 9.47 Å². The lowest BCUT2D eigenvalue weighted by molar-refractivity contribution is 0.0926. The van der Waals surface area contributed by atoms with Gasteiger partial charge in [0.05, 0.1) is 23.8 Å². The van der Waals surface area contributed by atoms with Crippen LogP contribution >= 0.6 is 0 Å². The average molecular weight is 430 g/mol. The topological polar surface area (TPSA) is 99.4 Å². The van der Waals surface area contributed by atoms with Gasteiger partial charge in [-0.05, 0) is 65.2 Å². The van der Waals surface area contributed by atoms with Crippen LogP contribution < -0.4 is 4.74 Å². The molecule has 1 saturated heterocycles. The van der Waals surface area contributed by atoms with Crippen molar-refractivity contribution in [3.05, 3.63) is 60.4 Å². The SMILES string of the molecule is COc1ccc(CN(C[C@@H]2CCCO2)S(=O)(=O)c2ccc(-n3cnnn3)cc2)cc1. The maximum atomic E-state index is 13.4. The molecule has 0 aliphatic carbocycles. The molecule has 3 aromatic rings. The Hall–Kier alpha value is -2.82. The Labute approximate surface area is 175 Å². The van der Waals surface area contributed by atoms with Gasteiger partial charge in [-0.25, -0.2) is 13.1 Å². The van der Waals surface area contributed by atoms with E-state index >= 15 is 0 Å². The molecule has 0 N–H and O–H groups in total. The third-order valence-corrected chi connectivity index (χ3v) is 6.86. The van der Waals surface area contributed by atoms with Crippen molar-refractivity contribution < 1.29 is 17.9 Å². The quantitative estimate of drug-likeness (QED) is 0.540. The second-order valence-electron chi connectivity index (χ2n) is 7.03. The van der Waals surface area contributed by atoms with Crippen molar-refractivity contribution in [1.29, 1.82) is 0 Å². The monoisotopic (exact) mass is 429 g/mol. The summed E-state index contributed by atoms with van der Waals surface area (Å²) >= 11 is 0. The van der Waals surface area contributed by atoms with E-state index in [1.807, 2.05) is 24.3 Å². The number of tetrazole rings is 1. The highest BCUT2D eigenvalue weighted by Crippen LogP contribution is 2.24. The molecule has 0 amide bonds. The lowest BCUT2D eigenvalue weighted by atomic mass is 10.2. The van der Waals surface area contributed by atoms with Crippen LogP contribution in [0.5, 0.6) is 5.75 Å². The van der Waals surface area contributed by atoms with Crippen molar-refractivity contribution in [2.45, 2.75) is 30.4 Å². The first-order valence-corrected chi connectivity index (χ1v) is 11.1. The first-order valence-electron chi connectivity index (χ1n) is 9.64. The molecule has 1 aliphatic heterocycles. The minimum atomic E-state index is -3.73. The molecule has 1 aliphatic rings. The minimum Gasteiger partial charge on any atom is -0.497 e. The Morgan fingerprint density at radius 2 is 1.93 bits per heavy atom. The molecule has 0 unspecified atom stereocenters. The highest BCUT2D eigenvalue weighted by molar-refractivity contribution is 7.89. The largest absolute Gasteiger partial charge is 0.497 e. The molecule has 2 heterocycles. The van der Waals surface area contributed by atoms with Gasteiger partial charge in [0, 0.05) is 19.7 Å². The number of nitrogens with zero attached hydrogens (tertiary/aromatic N) is 5. The maximum Gasteiger partial charge on any atom is 0.243 e. The molecule has 158 valence electrons. The highest BCUT2D eigenvalue weighted by Gasteiger charge is 2.29. The summed E-state index contributed by atoms with van der Waals surface area (Å²) in [4.78, 5) is 0.214. The Morgan fingerprint density at radius 3 is 2.53 bits per heavy atom. The standard InChI is InChI=1S/C20H23N5O4S/c1-28-18-8-4-16(5-9-18)13-24(14-19-3-2-12-29-19)30(26,27)20-10-6-17(7-11-20)25-15-21-22-23-25/h4-11,15,19H,2-3,12-14H2,1H3/t19-/m0/s1. The van der Waals surface area contributed by atoms with E-state index in [0.717, 1.165) is 24.2 Å². The van der Waals surface area contributed by atoms with Gasteiger partial charge in [-0.15, -0.1) is 5.10 Å². The van der Waals surface area contributed by atoms with Gasteiger partial charge in [0.1, 0.15) is 12.1 Å². The summed E-state index contributed by atoms with van der Waals surface area (Å²) in [6, 6.07) is 13.9. The van der Waals surface area contributed by atoms with Gasteiger partial charge >= 0.3 is 0 Å². The van der Waals surface area contributed by atoms with Crippen LogP contribution in [0.15, 0.2) is 59.8 Å². The molecule has 1 atom stereocenters. The van der Waals surface area contributed by atoms with Crippen LogP contribution in [0.3, 0.4) is 0 Å². The van der Waals surface area contributed by atoms with E-state index in [1.165, 1.54) is 15.3 Å². The lowest BCUT2D eigenvalue weighted by Crippen LogP contribution is -2.37. The van der Waals surface area contributed by atoms with Gasteiger partial charge < -0.3 is 9.47 Å². The summed E-state index contributed by atoms with van der Waals surface area (Å²) in [6.07, 6.45) is 3.16. The van der Waals surface area contributed by atoms with Gasteiger partial charge in [-0.3, -0.25) is 0 Å². The number of benzene rings is 2. The first-order chi connectivity index (χ1) is 14.6.